The van der Waals surface area contributed by atoms with Crippen LogP contribution < -0.4 is 11.0 Å². The zero-order valence-electron chi connectivity index (χ0n) is 8.53. The molecule has 0 aromatic carbocycles. The Kier molecular flexibility index (Phi) is 2.04. The van der Waals surface area contributed by atoms with E-state index >= 15 is 0 Å². The summed E-state index contributed by atoms with van der Waals surface area (Å²) in [4.78, 5) is 22.2. The first kappa shape index (κ1) is 9.23. The van der Waals surface area contributed by atoms with Gasteiger partial charge in [-0.1, -0.05) is 0 Å². The average Bonchev–Trinajstić information content (AvgIpc) is 2.77. The Labute approximate surface area is 91.6 Å². The van der Waals surface area contributed by atoms with Gasteiger partial charge in [0, 0.05) is 42.3 Å². The molecule has 0 saturated carbocycles. The molecule has 0 bridgehead atoms. The van der Waals surface area contributed by atoms with E-state index in [0.717, 1.165) is 29.1 Å². The van der Waals surface area contributed by atoms with Gasteiger partial charge in [0.2, 0.25) is 0 Å². The summed E-state index contributed by atoms with van der Waals surface area (Å²) in [6, 6.07) is 3.75. The highest BCUT2D eigenvalue weighted by molar-refractivity contribution is 5.63. The summed E-state index contributed by atoms with van der Waals surface area (Å²) in [5.41, 5.74) is 3.30. The zero-order chi connectivity index (χ0) is 11.0. The number of nitrogens with zero attached hydrogens (tertiary/aromatic N) is 2. The quantitative estimate of drug-likeness (QED) is 0.722. The van der Waals surface area contributed by atoms with E-state index < -0.39 is 0 Å². The van der Waals surface area contributed by atoms with Crippen LogP contribution in [0.1, 0.15) is 11.3 Å². The number of hydrogen-bond acceptors (Lipinski definition) is 4. The zero-order valence-corrected chi connectivity index (χ0v) is 8.53. The van der Waals surface area contributed by atoms with Crippen LogP contribution in [0, 0.1) is 0 Å². The Morgan fingerprint density at radius 1 is 1.31 bits per heavy atom. The second kappa shape index (κ2) is 3.53. The van der Waals surface area contributed by atoms with Gasteiger partial charge in [-0.15, -0.1) is 0 Å². The standard InChI is InChI=1S/C11H10N4O/c16-11-14-9-6-13-5-8(9)10(15-11)7-2-1-3-12-4-7/h1-4,13H,5-6H2,(H,14,15,16). The van der Waals surface area contributed by atoms with E-state index in [1.165, 1.54) is 0 Å². The fraction of sp³-hybridized carbons (Fsp3) is 0.182. The minimum atomic E-state index is -0.304. The van der Waals surface area contributed by atoms with Crippen LogP contribution in [-0.4, -0.2) is 15.0 Å². The van der Waals surface area contributed by atoms with Gasteiger partial charge in [-0.3, -0.25) is 4.98 Å². The Morgan fingerprint density at radius 3 is 3.06 bits per heavy atom. The summed E-state index contributed by atoms with van der Waals surface area (Å²) in [5.74, 6) is 0. The van der Waals surface area contributed by atoms with Crippen LogP contribution in [0.2, 0.25) is 0 Å². The van der Waals surface area contributed by atoms with E-state index in [0.29, 0.717) is 6.54 Å². The van der Waals surface area contributed by atoms with Crippen molar-refractivity contribution < 1.29 is 0 Å². The lowest BCUT2D eigenvalue weighted by atomic mass is 10.1. The van der Waals surface area contributed by atoms with Gasteiger partial charge in [-0.2, -0.15) is 4.98 Å². The third-order valence-electron chi connectivity index (χ3n) is 2.66. The van der Waals surface area contributed by atoms with E-state index in [4.69, 9.17) is 0 Å². The molecule has 0 spiro atoms. The molecule has 5 heteroatoms. The van der Waals surface area contributed by atoms with Crippen LogP contribution in [0.5, 0.6) is 0 Å². The van der Waals surface area contributed by atoms with Gasteiger partial charge < -0.3 is 10.3 Å². The highest BCUT2D eigenvalue weighted by Gasteiger charge is 2.17. The molecule has 80 valence electrons. The van der Waals surface area contributed by atoms with Gasteiger partial charge in [0.05, 0.1) is 5.69 Å². The van der Waals surface area contributed by atoms with Crippen LogP contribution in [0.25, 0.3) is 11.3 Å². The van der Waals surface area contributed by atoms with Crippen LogP contribution in [0.3, 0.4) is 0 Å². The first-order valence-electron chi connectivity index (χ1n) is 5.08. The monoisotopic (exact) mass is 214 g/mol. The molecule has 0 aliphatic carbocycles. The van der Waals surface area contributed by atoms with E-state index in [-0.39, 0.29) is 5.69 Å². The van der Waals surface area contributed by atoms with Crippen molar-refractivity contribution in [2.75, 3.05) is 0 Å². The van der Waals surface area contributed by atoms with Crippen LogP contribution >= 0.6 is 0 Å². The average molecular weight is 214 g/mol. The predicted molar refractivity (Wildman–Crippen MR) is 58.6 cm³/mol. The molecular formula is C11H10N4O. The summed E-state index contributed by atoms with van der Waals surface area (Å²) < 4.78 is 0. The summed E-state index contributed by atoms with van der Waals surface area (Å²) in [6.07, 6.45) is 3.43. The fourth-order valence-electron chi connectivity index (χ4n) is 1.94. The molecule has 2 aromatic rings. The molecule has 3 heterocycles. The Hall–Kier alpha value is -2.01. The number of nitrogens with one attached hydrogen (secondary N) is 2. The molecular weight excluding hydrogens is 204 g/mol. The summed E-state index contributed by atoms with van der Waals surface area (Å²) in [7, 11) is 0. The van der Waals surface area contributed by atoms with Gasteiger partial charge in [0.25, 0.3) is 0 Å². The Morgan fingerprint density at radius 2 is 2.25 bits per heavy atom. The van der Waals surface area contributed by atoms with E-state index in [9.17, 15) is 4.79 Å². The molecule has 3 rings (SSSR count). The van der Waals surface area contributed by atoms with Crippen molar-refractivity contribution in [2.45, 2.75) is 13.1 Å². The fourth-order valence-corrected chi connectivity index (χ4v) is 1.94. The second-order valence-electron chi connectivity index (χ2n) is 3.69. The molecule has 0 fully saturated rings. The van der Waals surface area contributed by atoms with Crippen molar-refractivity contribution in [3.63, 3.8) is 0 Å². The molecule has 16 heavy (non-hydrogen) atoms. The normalized spacial score (nSPS) is 13.8. The first-order valence-corrected chi connectivity index (χ1v) is 5.08. The van der Waals surface area contributed by atoms with E-state index in [1.54, 1.807) is 12.4 Å². The lowest BCUT2D eigenvalue weighted by molar-refractivity contribution is 0.757. The minimum absolute atomic E-state index is 0.304. The van der Waals surface area contributed by atoms with Gasteiger partial charge in [0.1, 0.15) is 0 Å². The molecule has 5 nitrogen and oxygen atoms in total. The highest BCUT2D eigenvalue weighted by atomic mass is 16.1. The number of pyridine rings is 1. The maximum atomic E-state index is 11.4. The lowest BCUT2D eigenvalue weighted by Crippen LogP contribution is -2.14. The Balaban J connectivity index is 2.25. The smallest absolute Gasteiger partial charge is 0.308 e. The largest absolute Gasteiger partial charge is 0.345 e. The number of fused-ring (bicyclic) bond motifs is 1. The molecule has 0 unspecified atom stereocenters. The second-order valence-corrected chi connectivity index (χ2v) is 3.69. The van der Waals surface area contributed by atoms with Crippen LogP contribution in [0.4, 0.5) is 0 Å². The van der Waals surface area contributed by atoms with Crippen LogP contribution in [-0.2, 0) is 13.1 Å². The third kappa shape index (κ3) is 1.42. The first-order chi connectivity index (χ1) is 7.84. The summed E-state index contributed by atoms with van der Waals surface area (Å²) in [6.45, 7) is 1.43. The van der Waals surface area contributed by atoms with Gasteiger partial charge in [-0.25, -0.2) is 4.79 Å². The number of aromatic amines is 1. The third-order valence-corrected chi connectivity index (χ3v) is 2.66. The lowest BCUT2D eigenvalue weighted by Gasteiger charge is -2.05. The topological polar surface area (TPSA) is 70.7 Å². The molecule has 0 amide bonds. The van der Waals surface area contributed by atoms with E-state index in [2.05, 4.69) is 20.3 Å². The minimum Gasteiger partial charge on any atom is -0.308 e. The van der Waals surface area contributed by atoms with Gasteiger partial charge in [-0.05, 0) is 12.1 Å². The predicted octanol–water partition coefficient (Wildman–Crippen LogP) is 0.435. The number of rotatable bonds is 1. The van der Waals surface area contributed by atoms with Crippen molar-refractivity contribution in [1.29, 1.82) is 0 Å². The molecule has 0 atom stereocenters. The molecule has 1 aliphatic rings. The van der Waals surface area contributed by atoms with Gasteiger partial charge in [0.15, 0.2) is 0 Å². The van der Waals surface area contributed by atoms with Crippen molar-refractivity contribution >= 4 is 0 Å². The number of hydrogen-bond donors (Lipinski definition) is 2. The maximum Gasteiger partial charge on any atom is 0.345 e. The summed E-state index contributed by atoms with van der Waals surface area (Å²) >= 11 is 0. The molecule has 2 aromatic heterocycles. The SMILES string of the molecule is O=c1nc(-c2cccnc2)c2c([nH]1)CNC2. The highest BCUT2D eigenvalue weighted by Crippen LogP contribution is 2.23. The van der Waals surface area contributed by atoms with Crippen molar-refractivity contribution in [3.05, 3.63) is 46.3 Å². The molecule has 2 N–H and O–H groups in total. The van der Waals surface area contributed by atoms with Crippen molar-refractivity contribution in [3.8, 4) is 11.3 Å². The number of aromatic nitrogens is 3. The molecule has 0 radical (unpaired) electrons. The maximum absolute atomic E-state index is 11.4. The molecule has 0 saturated heterocycles. The number of H-pyrrole nitrogens is 1. The summed E-state index contributed by atoms with van der Waals surface area (Å²) in [5, 5.41) is 3.19. The van der Waals surface area contributed by atoms with Crippen molar-refractivity contribution in [1.82, 2.24) is 20.3 Å². The van der Waals surface area contributed by atoms with Crippen LogP contribution in [0.15, 0.2) is 29.3 Å². The van der Waals surface area contributed by atoms with Gasteiger partial charge >= 0.3 is 5.69 Å². The van der Waals surface area contributed by atoms with E-state index in [1.807, 2.05) is 12.1 Å². The van der Waals surface area contributed by atoms with Crippen molar-refractivity contribution in [2.24, 2.45) is 0 Å². The molecule has 1 aliphatic heterocycles. The Bertz CT molecular complexity index is 576.